The van der Waals surface area contributed by atoms with Gasteiger partial charge >= 0.3 is 0 Å². The number of ether oxygens (including phenoxy) is 3. The van der Waals surface area contributed by atoms with Crippen LogP contribution in [0.2, 0.25) is 0 Å². The summed E-state index contributed by atoms with van der Waals surface area (Å²) >= 11 is 0. The van der Waals surface area contributed by atoms with Crippen LogP contribution in [0.4, 0.5) is 0 Å². The molecule has 0 spiro atoms. The molecule has 4 rings (SSSR count). The van der Waals surface area contributed by atoms with Crippen molar-refractivity contribution in [1.82, 2.24) is 9.55 Å². The quantitative estimate of drug-likeness (QED) is 0.665. The molecule has 0 bridgehead atoms. The fourth-order valence-electron chi connectivity index (χ4n) is 4.04. The summed E-state index contributed by atoms with van der Waals surface area (Å²) in [6.07, 6.45) is 3.39. The second kappa shape index (κ2) is 8.55. The number of rotatable bonds is 5. The second-order valence-electron chi connectivity index (χ2n) is 7.48. The van der Waals surface area contributed by atoms with Gasteiger partial charge in [-0.05, 0) is 36.2 Å². The summed E-state index contributed by atoms with van der Waals surface area (Å²) in [5.74, 6) is -0.531. The lowest BCUT2D eigenvalue weighted by Crippen LogP contribution is -2.38. The molecule has 1 aliphatic heterocycles. The van der Waals surface area contributed by atoms with E-state index in [1.54, 1.807) is 41.2 Å². The largest absolute Gasteiger partial charge is 0.493 e. The van der Waals surface area contributed by atoms with Crippen LogP contribution in [0, 0.1) is 29.6 Å². The van der Waals surface area contributed by atoms with E-state index in [1.807, 2.05) is 19.1 Å². The highest BCUT2D eigenvalue weighted by atomic mass is 16.5. The summed E-state index contributed by atoms with van der Waals surface area (Å²) in [6, 6.07) is 12.8. The van der Waals surface area contributed by atoms with E-state index in [9.17, 15) is 10.1 Å². The van der Waals surface area contributed by atoms with Crippen LogP contribution in [0.25, 0.3) is 0 Å². The lowest BCUT2D eigenvalue weighted by atomic mass is 9.79. The number of pyridine rings is 2. The van der Waals surface area contributed by atoms with Gasteiger partial charge in [-0.1, -0.05) is 12.1 Å². The molecule has 0 amide bonds. The van der Waals surface area contributed by atoms with E-state index in [-0.39, 0.29) is 11.5 Å². The van der Waals surface area contributed by atoms with Gasteiger partial charge in [-0.15, -0.1) is 0 Å². The van der Waals surface area contributed by atoms with E-state index < -0.39 is 11.8 Å². The standard InChI is InChI=1S/C24H22N4O4/c1-14-9-20-22(24(29)28(14)13-15-5-4-8-27-12-15)21(17(11-25)23(26)32-20)16-6-7-18(30-2)19(10-16)31-3/h4-10,12,17,21,26H,13H2,1-3H3. The van der Waals surface area contributed by atoms with Crippen molar-refractivity contribution in [2.24, 2.45) is 5.92 Å². The minimum absolute atomic E-state index is 0.191. The molecule has 0 saturated heterocycles. The zero-order chi connectivity index (χ0) is 22.8. The summed E-state index contributed by atoms with van der Waals surface area (Å²) < 4.78 is 18.0. The molecule has 3 heterocycles. The third kappa shape index (κ3) is 3.58. The molecule has 8 nitrogen and oxygen atoms in total. The van der Waals surface area contributed by atoms with Crippen LogP contribution in [0.3, 0.4) is 0 Å². The van der Waals surface area contributed by atoms with Gasteiger partial charge in [0.05, 0.1) is 32.4 Å². The molecule has 0 radical (unpaired) electrons. The van der Waals surface area contributed by atoms with E-state index in [0.29, 0.717) is 40.6 Å². The molecule has 8 heteroatoms. The average Bonchev–Trinajstić information content (AvgIpc) is 2.81. The Morgan fingerprint density at radius 1 is 1.22 bits per heavy atom. The SMILES string of the molecule is COc1ccc(C2c3c(cc(C)n(Cc4cccnc4)c3=O)OC(=N)C2C#N)cc1OC. The Morgan fingerprint density at radius 2 is 2.00 bits per heavy atom. The third-order valence-electron chi connectivity index (χ3n) is 5.62. The third-order valence-corrected chi connectivity index (χ3v) is 5.62. The van der Waals surface area contributed by atoms with Crippen LogP contribution < -0.4 is 19.8 Å². The van der Waals surface area contributed by atoms with Crippen molar-refractivity contribution in [3.05, 3.63) is 81.5 Å². The van der Waals surface area contributed by atoms with Gasteiger partial charge in [0, 0.05) is 30.1 Å². The van der Waals surface area contributed by atoms with Crippen LogP contribution >= 0.6 is 0 Å². The number of fused-ring (bicyclic) bond motifs is 1. The molecule has 1 aliphatic rings. The molecular formula is C24H22N4O4. The molecule has 0 aliphatic carbocycles. The van der Waals surface area contributed by atoms with E-state index in [2.05, 4.69) is 11.1 Å². The van der Waals surface area contributed by atoms with Crippen molar-refractivity contribution in [1.29, 1.82) is 10.7 Å². The van der Waals surface area contributed by atoms with E-state index >= 15 is 0 Å². The predicted molar refractivity (Wildman–Crippen MR) is 118 cm³/mol. The second-order valence-corrected chi connectivity index (χ2v) is 7.48. The highest BCUT2D eigenvalue weighted by Crippen LogP contribution is 2.42. The zero-order valence-corrected chi connectivity index (χ0v) is 18.0. The summed E-state index contributed by atoms with van der Waals surface area (Å²) in [5, 5.41) is 18.1. The zero-order valence-electron chi connectivity index (χ0n) is 18.0. The molecule has 1 aromatic carbocycles. The number of aryl methyl sites for hydroxylation is 1. The van der Waals surface area contributed by atoms with Crippen molar-refractivity contribution in [3.63, 3.8) is 0 Å². The Kier molecular flexibility index (Phi) is 5.65. The molecule has 0 fully saturated rings. The van der Waals surface area contributed by atoms with Crippen LogP contribution in [-0.4, -0.2) is 29.7 Å². The van der Waals surface area contributed by atoms with Crippen molar-refractivity contribution >= 4 is 5.90 Å². The maximum Gasteiger partial charge on any atom is 0.258 e. The minimum atomic E-state index is -0.956. The van der Waals surface area contributed by atoms with Gasteiger partial charge in [0.25, 0.3) is 5.56 Å². The molecule has 0 saturated carbocycles. The van der Waals surface area contributed by atoms with Gasteiger partial charge in [-0.3, -0.25) is 15.2 Å². The van der Waals surface area contributed by atoms with Gasteiger partial charge in [0.1, 0.15) is 11.7 Å². The fraction of sp³-hybridized carbons (Fsp3) is 0.250. The molecular weight excluding hydrogens is 408 g/mol. The Morgan fingerprint density at radius 3 is 2.66 bits per heavy atom. The summed E-state index contributed by atoms with van der Waals surface area (Å²) in [5.41, 5.74) is 2.30. The van der Waals surface area contributed by atoms with Crippen LogP contribution in [0.5, 0.6) is 17.2 Å². The molecule has 32 heavy (non-hydrogen) atoms. The first-order valence-electron chi connectivity index (χ1n) is 9.99. The Balaban J connectivity index is 1.92. The van der Waals surface area contributed by atoms with Gasteiger partial charge in [0.2, 0.25) is 5.90 Å². The number of nitrogens with one attached hydrogen (secondary N) is 1. The Hall–Kier alpha value is -4.12. The van der Waals surface area contributed by atoms with Crippen molar-refractivity contribution in [3.8, 4) is 23.3 Å². The fourth-order valence-corrected chi connectivity index (χ4v) is 4.04. The molecule has 2 unspecified atom stereocenters. The normalized spacial score (nSPS) is 17.1. The van der Waals surface area contributed by atoms with Gasteiger partial charge in [-0.25, -0.2) is 0 Å². The van der Waals surface area contributed by atoms with Gasteiger partial charge in [-0.2, -0.15) is 5.26 Å². The molecule has 162 valence electrons. The van der Waals surface area contributed by atoms with E-state index in [0.717, 1.165) is 5.56 Å². The van der Waals surface area contributed by atoms with Crippen molar-refractivity contribution in [2.75, 3.05) is 14.2 Å². The van der Waals surface area contributed by atoms with Crippen molar-refractivity contribution < 1.29 is 14.2 Å². The van der Waals surface area contributed by atoms with Crippen LogP contribution in [-0.2, 0) is 6.54 Å². The number of hydrogen-bond donors (Lipinski definition) is 1. The summed E-state index contributed by atoms with van der Waals surface area (Å²) in [6.45, 7) is 2.14. The topological polar surface area (TPSA) is 110 Å². The number of nitrogens with zero attached hydrogens (tertiary/aromatic N) is 3. The number of nitriles is 1. The van der Waals surface area contributed by atoms with Gasteiger partial charge in [0.15, 0.2) is 11.5 Å². The smallest absolute Gasteiger partial charge is 0.258 e. The van der Waals surface area contributed by atoms with Crippen LogP contribution in [0.15, 0.2) is 53.6 Å². The summed E-state index contributed by atoms with van der Waals surface area (Å²) in [4.78, 5) is 17.8. The van der Waals surface area contributed by atoms with E-state index in [4.69, 9.17) is 19.6 Å². The lowest BCUT2D eigenvalue weighted by Gasteiger charge is -2.31. The van der Waals surface area contributed by atoms with E-state index in [1.165, 1.54) is 14.2 Å². The number of hydrogen-bond acceptors (Lipinski definition) is 7. The highest BCUT2D eigenvalue weighted by molar-refractivity contribution is 5.85. The highest BCUT2D eigenvalue weighted by Gasteiger charge is 2.40. The number of aromatic nitrogens is 2. The first-order chi connectivity index (χ1) is 15.5. The Labute approximate surface area is 185 Å². The first-order valence-corrected chi connectivity index (χ1v) is 9.99. The number of benzene rings is 1. The maximum atomic E-state index is 13.7. The average molecular weight is 430 g/mol. The minimum Gasteiger partial charge on any atom is -0.493 e. The maximum absolute atomic E-state index is 13.7. The monoisotopic (exact) mass is 430 g/mol. The van der Waals surface area contributed by atoms with Crippen LogP contribution in [0.1, 0.15) is 28.3 Å². The predicted octanol–water partition coefficient (Wildman–Crippen LogP) is 3.26. The van der Waals surface area contributed by atoms with Crippen molar-refractivity contribution in [2.45, 2.75) is 19.4 Å². The number of methoxy groups -OCH3 is 2. The molecule has 2 aromatic heterocycles. The molecule has 3 aromatic rings. The first kappa shape index (κ1) is 21.1. The molecule has 2 atom stereocenters. The molecule has 1 N–H and O–H groups in total. The Bertz CT molecular complexity index is 1280. The summed E-state index contributed by atoms with van der Waals surface area (Å²) in [7, 11) is 3.06. The van der Waals surface area contributed by atoms with Gasteiger partial charge < -0.3 is 18.8 Å². The lowest BCUT2D eigenvalue weighted by molar-refractivity contribution is 0.354.